The van der Waals surface area contributed by atoms with Crippen molar-refractivity contribution in [2.24, 2.45) is 0 Å². The van der Waals surface area contributed by atoms with Gasteiger partial charge in [0.1, 0.15) is 17.2 Å². The van der Waals surface area contributed by atoms with E-state index in [0.717, 1.165) is 5.69 Å². The summed E-state index contributed by atoms with van der Waals surface area (Å²) in [4.78, 5) is 26.7. The third-order valence-electron chi connectivity index (χ3n) is 4.48. The van der Waals surface area contributed by atoms with Crippen LogP contribution in [0.5, 0.6) is 17.2 Å². The van der Waals surface area contributed by atoms with Crippen molar-refractivity contribution < 1.29 is 23.8 Å². The lowest BCUT2D eigenvalue weighted by molar-refractivity contribution is -0.117. The Morgan fingerprint density at radius 1 is 1.04 bits per heavy atom. The second-order valence-electron chi connectivity index (χ2n) is 6.15. The molecule has 0 radical (unpaired) electrons. The van der Waals surface area contributed by atoms with Crippen molar-refractivity contribution >= 4 is 17.5 Å². The lowest BCUT2D eigenvalue weighted by atomic mass is 10.1. The van der Waals surface area contributed by atoms with E-state index in [1.165, 1.54) is 7.11 Å². The molecule has 1 heterocycles. The number of ether oxygens (including phenoxy) is 3. The molecule has 1 fully saturated rings. The van der Waals surface area contributed by atoms with Crippen LogP contribution in [0.4, 0.5) is 5.69 Å². The fourth-order valence-corrected chi connectivity index (χ4v) is 3.08. The van der Waals surface area contributed by atoms with Crippen molar-refractivity contribution in [3.8, 4) is 17.2 Å². The number of carbonyl (C=O) groups excluding carboxylic acids is 2. The summed E-state index contributed by atoms with van der Waals surface area (Å²) < 4.78 is 15.6. The van der Waals surface area contributed by atoms with Gasteiger partial charge in [-0.3, -0.25) is 9.59 Å². The van der Waals surface area contributed by atoms with Crippen molar-refractivity contribution in [3.05, 3.63) is 48.0 Å². The highest BCUT2D eigenvalue weighted by atomic mass is 16.5. The highest BCUT2D eigenvalue weighted by Crippen LogP contribution is 2.27. The van der Waals surface area contributed by atoms with Gasteiger partial charge in [0, 0.05) is 30.8 Å². The maximum Gasteiger partial charge on any atom is 0.255 e. The first-order valence-electron chi connectivity index (χ1n) is 8.53. The number of anilines is 1. The van der Waals surface area contributed by atoms with Crippen LogP contribution in [-0.4, -0.2) is 45.7 Å². The molecule has 142 valence electrons. The molecule has 2 aromatic rings. The molecule has 2 aromatic carbocycles. The number of hydrogen-bond donors (Lipinski definition) is 1. The molecule has 0 aromatic heterocycles. The van der Waals surface area contributed by atoms with Gasteiger partial charge in [0.25, 0.3) is 5.91 Å². The molecule has 0 bridgehead atoms. The van der Waals surface area contributed by atoms with Gasteiger partial charge in [0.15, 0.2) is 0 Å². The summed E-state index contributed by atoms with van der Waals surface area (Å²) in [5.74, 6) is 1.36. The quantitative estimate of drug-likeness (QED) is 0.844. The van der Waals surface area contributed by atoms with Crippen molar-refractivity contribution in [2.75, 3.05) is 32.8 Å². The van der Waals surface area contributed by atoms with Crippen LogP contribution >= 0.6 is 0 Å². The Kier molecular flexibility index (Phi) is 5.49. The highest BCUT2D eigenvalue weighted by molar-refractivity contribution is 6.00. The molecule has 1 aliphatic heterocycles. The minimum atomic E-state index is -0.292. The third kappa shape index (κ3) is 3.97. The van der Waals surface area contributed by atoms with E-state index in [-0.39, 0.29) is 24.3 Å². The monoisotopic (exact) mass is 370 g/mol. The number of rotatable bonds is 6. The van der Waals surface area contributed by atoms with Gasteiger partial charge >= 0.3 is 0 Å². The van der Waals surface area contributed by atoms with Crippen LogP contribution in [0.15, 0.2) is 42.5 Å². The summed E-state index contributed by atoms with van der Waals surface area (Å²) in [5, 5.41) is 2.91. The zero-order chi connectivity index (χ0) is 19.4. The summed E-state index contributed by atoms with van der Waals surface area (Å²) >= 11 is 0. The Morgan fingerprint density at radius 2 is 1.78 bits per heavy atom. The number of benzene rings is 2. The average molecular weight is 370 g/mol. The Morgan fingerprint density at radius 3 is 2.48 bits per heavy atom. The van der Waals surface area contributed by atoms with E-state index in [1.54, 1.807) is 43.4 Å². The first kappa shape index (κ1) is 18.6. The first-order chi connectivity index (χ1) is 13.0. The number of amides is 2. The molecule has 1 N–H and O–H groups in total. The van der Waals surface area contributed by atoms with E-state index in [9.17, 15) is 9.59 Å². The van der Waals surface area contributed by atoms with Crippen molar-refractivity contribution in [1.29, 1.82) is 0 Å². The molecule has 3 rings (SSSR count). The molecule has 2 amide bonds. The molecule has 1 atom stereocenters. The van der Waals surface area contributed by atoms with Crippen LogP contribution < -0.4 is 24.4 Å². The molecule has 1 aliphatic rings. The Hall–Kier alpha value is -3.22. The molecular weight excluding hydrogens is 348 g/mol. The second-order valence-corrected chi connectivity index (χ2v) is 6.15. The maximum atomic E-state index is 12.6. The summed E-state index contributed by atoms with van der Waals surface area (Å²) in [7, 11) is 4.62. The molecule has 0 aliphatic carbocycles. The molecule has 7 heteroatoms. The number of nitrogens with zero attached hydrogens (tertiary/aromatic N) is 1. The average Bonchev–Trinajstić information content (AvgIpc) is 3.07. The predicted molar refractivity (Wildman–Crippen MR) is 101 cm³/mol. The van der Waals surface area contributed by atoms with E-state index >= 15 is 0 Å². The van der Waals surface area contributed by atoms with Gasteiger partial charge in [-0.15, -0.1) is 0 Å². The summed E-state index contributed by atoms with van der Waals surface area (Å²) in [5.41, 5.74) is 1.14. The minimum Gasteiger partial charge on any atom is -0.497 e. The van der Waals surface area contributed by atoms with Crippen LogP contribution in [0.1, 0.15) is 16.8 Å². The van der Waals surface area contributed by atoms with Gasteiger partial charge in [-0.1, -0.05) is 6.07 Å². The number of carbonyl (C=O) groups is 2. The summed E-state index contributed by atoms with van der Waals surface area (Å²) in [6, 6.07) is 12.0. The fourth-order valence-electron chi connectivity index (χ4n) is 3.08. The van der Waals surface area contributed by atoms with Crippen LogP contribution in [0, 0.1) is 0 Å². The lowest BCUT2D eigenvalue weighted by Crippen LogP contribution is -2.37. The van der Waals surface area contributed by atoms with Gasteiger partial charge in [-0.2, -0.15) is 0 Å². The van der Waals surface area contributed by atoms with E-state index in [2.05, 4.69) is 5.32 Å². The molecule has 1 unspecified atom stereocenters. The molecule has 0 saturated carbocycles. The number of nitrogens with one attached hydrogen (secondary N) is 1. The van der Waals surface area contributed by atoms with Crippen LogP contribution in [0.3, 0.4) is 0 Å². The topological polar surface area (TPSA) is 77.1 Å². The molecule has 1 saturated heterocycles. The van der Waals surface area contributed by atoms with Gasteiger partial charge in [-0.25, -0.2) is 0 Å². The third-order valence-corrected chi connectivity index (χ3v) is 4.48. The van der Waals surface area contributed by atoms with Crippen molar-refractivity contribution in [3.63, 3.8) is 0 Å². The van der Waals surface area contributed by atoms with Crippen LogP contribution in [0.25, 0.3) is 0 Å². The molecule has 27 heavy (non-hydrogen) atoms. The molecule has 7 nitrogen and oxygen atoms in total. The van der Waals surface area contributed by atoms with Gasteiger partial charge in [0.05, 0.1) is 32.9 Å². The SMILES string of the molecule is COc1cccc(N2CC(NC(=O)c3ccc(OC)cc3OC)CC2=O)c1. The van der Waals surface area contributed by atoms with Crippen LogP contribution in [-0.2, 0) is 4.79 Å². The van der Waals surface area contributed by atoms with Gasteiger partial charge in [0.2, 0.25) is 5.91 Å². The lowest BCUT2D eigenvalue weighted by Gasteiger charge is -2.18. The van der Waals surface area contributed by atoms with Gasteiger partial charge < -0.3 is 24.4 Å². The normalized spacial score (nSPS) is 16.2. The standard InChI is InChI=1S/C20H22N2O5/c1-25-15-6-4-5-14(10-15)22-12-13(9-19(22)23)21-20(24)17-8-7-16(26-2)11-18(17)27-3/h4-8,10-11,13H,9,12H2,1-3H3,(H,21,24). The van der Waals surface area contributed by atoms with Crippen molar-refractivity contribution in [1.82, 2.24) is 5.32 Å². The molecule has 0 spiro atoms. The predicted octanol–water partition coefficient (Wildman–Crippen LogP) is 2.25. The smallest absolute Gasteiger partial charge is 0.255 e. The summed E-state index contributed by atoms with van der Waals surface area (Å²) in [6.45, 7) is 0.399. The Labute approximate surface area is 157 Å². The number of hydrogen-bond acceptors (Lipinski definition) is 5. The van der Waals surface area contributed by atoms with Gasteiger partial charge in [-0.05, 0) is 24.3 Å². The van der Waals surface area contributed by atoms with E-state index in [0.29, 0.717) is 29.4 Å². The highest BCUT2D eigenvalue weighted by Gasteiger charge is 2.32. The Bertz CT molecular complexity index is 852. The minimum absolute atomic E-state index is 0.0461. The largest absolute Gasteiger partial charge is 0.497 e. The van der Waals surface area contributed by atoms with Crippen LogP contribution in [0.2, 0.25) is 0 Å². The van der Waals surface area contributed by atoms with E-state index in [1.807, 2.05) is 18.2 Å². The zero-order valence-electron chi connectivity index (χ0n) is 15.5. The van der Waals surface area contributed by atoms with E-state index < -0.39 is 0 Å². The maximum absolute atomic E-state index is 12.6. The van der Waals surface area contributed by atoms with Crippen molar-refractivity contribution in [2.45, 2.75) is 12.5 Å². The Balaban J connectivity index is 1.72. The molecular formula is C20H22N2O5. The second kappa shape index (κ2) is 7.99. The fraction of sp³-hybridized carbons (Fsp3) is 0.300. The summed E-state index contributed by atoms with van der Waals surface area (Å²) in [6.07, 6.45) is 0.238. The first-order valence-corrected chi connectivity index (χ1v) is 8.53. The number of methoxy groups -OCH3 is 3. The van der Waals surface area contributed by atoms with E-state index in [4.69, 9.17) is 14.2 Å². The zero-order valence-corrected chi connectivity index (χ0v) is 15.5.